The van der Waals surface area contributed by atoms with Crippen LogP contribution in [0, 0.1) is 18.3 Å². The molecular formula is C25H23ClN4O3. The number of oxazole rings is 1. The van der Waals surface area contributed by atoms with Crippen LogP contribution in [-0.4, -0.2) is 48.6 Å². The lowest BCUT2D eigenvalue weighted by molar-refractivity contribution is -0.133. The van der Waals surface area contributed by atoms with Crippen LogP contribution in [0.1, 0.15) is 22.7 Å². The van der Waals surface area contributed by atoms with E-state index in [0.717, 1.165) is 11.1 Å². The summed E-state index contributed by atoms with van der Waals surface area (Å²) in [7, 11) is 0. The van der Waals surface area contributed by atoms with Gasteiger partial charge >= 0.3 is 0 Å². The number of aryl methyl sites for hydroxylation is 1. The second-order valence-corrected chi connectivity index (χ2v) is 8.05. The highest BCUT2D eigenvalue weighted by Crippen LogP contribution is 2.25. The Kier molecular flexibility index (Phi) is 6.96. The number of carbonyl (C=O) groups is 1. The van der Waals surface area contributed by atoms with Crippen LogP contribution in [0.2, 0.25) is 5.02 Å². The summed E-state index contributed by atoms with van der Waals surface area (Å²) in [6.45, 7) is 4.07. The van der Waals surface area contributed by atoms with Crippen LogP contribution < -0.4 is 9.64 Å². The zero-order valence-corrected chi connectivity index (χ0v) is 19.0. The number of hydrogen-bond acceptors (Lipinski definition) is 6. The molecule has 1 aromatic heterocycles. The van der Waals surface area contributed by atoms with Crippen molar-refractivity contribution >= 4 is 35.5 Å². The summed E-state index contributed by atoms with van der Waals surface area (Å²) in [6, 6.07) is 17.1. The Bertz CT molecular complexity index is 1190. The van der Waals surface area contributed by atoms with Gasteiger partial charge in [0.15, 0.2) is 6.61 Å². The van der Waals surface area contributed by atoms with E-state index in [1.165, 1.54) is 0 Å². The lowest BCUT2D eigenvalue weighted by Gasteiger charge is -2.34. The molecule has 1 aliphatic rings. The molecule has 168 valence electrons. The molecule has 0 radical (unpaired) electrons. The van der Waals surface area contributed by atoms with Gasteiger partial charge in [-0.3, -0.25) is 4.79 Å². The first kappa shape index (κ1) is 22.4. The maximum Gasteiger partial charge on any atom is 0.260 e. The van der Waals surface area contributed by atoms with Crippen molar-refractivity contribution in [3.63, 3.8) is 0 Å². The van der Waals surface area contributed by atoms with Crippen LogP contribution >= 0.6 is 11.6 Å². The summed E-state index contributed by atoms with van der Waals surface area (Å²) in [5.74, 6) is 1.34. The molecule has 33 heavy (non-hydrogen) atoms. The van der Waals surface area contributed by atoms with E-state index in [0.29, 0.717) is 48.7 Å². The molecule has 0 atom stereocenters. The van der Waals surface area contributed by atoms with Crippen LogP contribution in [-0.2, 0) is 4.79 Å². The standard InChI is InChI=1S/C25H23ClN4O3/c1-18-6-9-20(10-7-18)32-17-24(31)29-12-14-30(15-13-29)25-22(16-27)28-23(33-25)11-8-19-4-2-3-5-21(19)26/h2-11H,12-15,17H2,1H3. The van der Waals surface area contributed by atoms with Crippen molar-refractivity contribution in [3.8, 4) is 11.8 Å². The minimum Gasteiger partial charge on any atom is -0.484 e. The molecule has 0 saturated carbocycles. The fraction of sp³-hybridized carbons (Fsp3) is 0.240. The van der Waals surface area contributed by atoms with Gasteiger partial charge in [0.05, 0.1) is 0 Å². The monoisotopic (exact) mass is 462 g/mol. The van der Waals surface area contributed by atoms with E-state index in [1.54, 1.807) is 23.1 Å². The molecule has 1 amide bonds. The summed E-state index contributed by atoms with van der Waals surface area (Å²) < 4.78 is 11.5. The van der Waals surface area contributed by atoms with E-state index in [9.17, 15) is 10.1 Å². The topological polar surface area (TPSA) is 82.6 Å². The van der Waals surface area contributed by atoms with E-state index in [2.05, 4.69) is 11.1 Å². The number of hydrogen-bond donors (Lipinski definition) is 0. The summed E-state index contributed by atoms with van der Waals surface area (Å²) >= 11 is 6.17. The van der Waals surface area contributed by atoms with Crippen LogP contribution in [0.3, 0.4) is 0 Å². The summed E-state index contributed by atoms with van der Waals surface area (Å²) in [4.78, 5) is 20.5. The van der Waals surface area contributed by atoms with E-state index in [1.807, 2.05) is 54.3 Å². The molecule has 0 aliphatic carbocycles. The third kappa shape index (κ3) is 5.54. The number of aromatic nitrogens is 1. The van der Waals surface area contributed by atoms with Gasteiger partial charge in [-0.1, -0.05) is 47.5 Å². The van der Waals surface area contributed by atoms with Gasteiger partial charge in [-0.2, -0.15) is 10.2 Å². The zero-order valence-electron chi connectivity index (χ0n) is 18.2. The van der Waals surface area contributed by atoms with E-state index < -0.39 is 0 Å². The Balaban J connectivity index is 1.35. The maximum absolute atomic E-state index is 12.5. The average molecular weight is 463 g/mol. The largest absolute Gasteiger partial charge is 0.484 e. The zero-order chi connectivity index (χ0) is 23.2. The second-order valence-electron chi connectivity index (χ2n) is 7.64. The molecule has 2 heterocycles. The quantitative estimate of drug-likeness (QED) is 0.539. The van der Waals surface area contributed by atoms with Gasteiger partial charge in [-0.05, 0) is 36.8 Å². The average Bonchev–Trinajstić information content (AvgIpc) is 3.26. The highest BCUT2D eigenvalue weighted by Gasteiger charge is 2.26. The smallest absolute Gasteiger partial charge is 0.260 e. The molecule has 0 unspecified atom stereocenters. The molecule has 7 nitrogen and oxygen atoms in total. The van der Waals surface area contributed by atoms with Crippen molar-refractivity contribution in [1.29, 1.82) is 5.26 Å². The van der Waals surface area contributed by atoms with Crippen molar-refractivity contribution in [2.24, 2.45) is 0 Å². The third-order valence-corrected chi connectivity index (χ3v) is 5.69. The number of rotatable bonds is 6. The molecule has 0 N–H and O–H groups in total. The number of piperazine rings is 1. The summed E-state index contributed by atoms with van der Waals surface area (Å²) in [5, 5.41) is 10.1. The fourth-order valence-corrected chi connectivity index (χ4v) is 3.69. The van der Waals surface area contributed by atoms with E-state index in [4.69, 9.17) is 20.8 Å². The van der Waals surface area contributed by atoms with Gasteiger partial charge in [-0.25, -0.2) is 0 Å². The predicted molar refractivity (Wildman–Crippen MR) is 127 cm³/mol. The van der Waals surface area contributed by atoms with E-state index >= 15 is 0 Å². The molecule has 8 heteroatoms. The van der Waals surface area contributed by atoms with Crippen LogP contribution in [0.4, 0.5) is 5.88 Å². The third-order valence-electron chi connectivity index (χ3n) is 5.35. The van der Waals surface area contributed by atoms with Crippen molar-refractivity contribution in [2.75, 3.05) is 37.7 Å². The fourth-order valence-electron chi connectivity index (χ4n) is 3.49. The highest BCUT2D eigenvalue weighted by atomic mass is 35.5. The Morgan fingerprint density at radius 1 is 1.15 bits per heavy atom. The molecule has 1 fully saturated rings. The Morgan fingerprint density at radius 3 is 2.58 bits per heavy atom. The normalized spacial score (nSPS) is 13.8. The van der Waals surface area contributed by atoms with Crippen molar-refractivity contribution in [1.82, 2.24) is 9.88 Å². The van der Waals surface area contributed by atoms with Gasteiger partial charge < -0.3 is 19.0 Å². The molecule has 4 rings (SSSR count). The summed E-state index contributed by atoms with van der Waals surface area (Å²) in [5.41, 5.74) is 2.19. The molecule has 3 aromatic rings. The molecule has 1 saturated heterocycles. The molecular weight excluding hydrogens is 440 g/mol. The first-order valence-corrected chi connectivity index (χ1v) is 11.0. The molecule has 1 aliphatic heterocycles. The van der Waals surface area contributed by atoms with Crippen molar-refractivity contribution in [3.05, 3.63) is 76.3 Å². The van der Waals surface area contributed by atoms with Gasteiger partial charge in [0.2, 0.25) is 17.5 Å². The predicted octanol–water partition coefficient (Wildman–Crippen LogP) is 4.41. The number of ether oxygens (including phenoxy) is 1. The lowest BCUT2D eigenvalue weighted by Crippen LogP contribution is -2.50. The number of anilines is 1. The van der Waals surface area contributed by atoms with Crippen LogP contribution in [0.15, 0.2) is 52.9 Å². The Labute approximate surface area is 197 Å². The number of benzene rings is 2. The van der Waals surface area contributed by atoms with Gasteiger partial charge in [0.25, 0.3) is 5.91 Å². The lowest BCUT2D eigenvalue weighted by atomic mass is 10.2. The van der Waals surface area contributed by atoms with Gasteiger partial charge in [-0.15, -0.1) is 0 Å². The number of amides is 1. The minimum atomic E-state index is -0.0725. The number of halogens is 1. The van der Waals surface area contributed by atoms with E-state index in [-0.39, 0.29) is 18.2 Å². The van der Waals surface area contributed by atoms with Crippen LogP contribution in [0.5, 0.6) is 5.75 Å². The Hall–Kier alpha value is -3.76. The number of nitrogens with zero attached hydrogens (tertiary/aromatic N) is 4. The first-order chi connectivity index (χ1) is 16.0. The second kappa shape index (κ2) is 10.2. The number of nitriles is 1. The molecule has 0 spiro atoms. The SMILES string of the molecule is Cc1ccc(OCC(=O)N2CCN(c3oc(C=Cc4ccccc4Cl)nc3C#N)CC2)cc1. The molecule has 2 aromatic carbocycles. The first-order valence-electron chi connectivity index (χ1n) is 10.6. The van der Waals surface area contributed by atoms with Crippen molar-refractivity contribution < 1.29 is 13.9 Å². The summed E-state index contributed by atoms with van der Waals surface area (Å²) in [6.07, 6.45) is 3.48. The number of carbonyl (C=O) groups excluding carboxylic acids is 1. The maximum atomic E-state index is 12.5. The highest BCUT2D eigenvalue weighted by molar-refractivity contribution is 6.32. The Morgan fingerprint density at radius 2 is 1.88 bits per heavy atom. The van der Waals surface area contributed by atoms with Gasteiger partial charge in [0.1, 0.15) is 11.8 Å². The van der Waals surface area contributed by atoms with Crippen molar-refractivity contribution in [2.45, 2.75) is 6.92 Å². The van der Waals surface area contributed by atoms with Crippen LogP contribution in [0.25, 0.3) is 12.2 Å². The van der Waals surface area contributed by atoms with Gasteiger partial charge in [0, 0.05) is 37.3 Å². The minimum absolute atomic E-state index is 0.00813. The molecule has 0 bridgehead atoms.